The lowest BCUT2D eigenvalue weighted by atomic mass is 10.1. The molecule has 1 aromatic heterocycles. The van der Waals surface area contributed by atoms with Crippen molar-refractivity contribution in [1.82, 2.24) is 4.98 Å². The smallest absolute Gasteiger partial charge is 0.161 e. The Morgan fingerprint density at radius 1 is 1.16 bits per heavy atom. The summed E-state index contributed by atoms with van der Waals surface area (Å²) >= 11 is 1.60. The number of methoxy groups -OCH3 is 1. The van der Waals surface area contributed by atoms with Crippen LogP contribution in [0, 0.1) is 0 Å². The highest BCUT2D eigenvalue weighted by molar-refractivity contribution is 7.13. The van der Waals surface area contributed by atoms with Crippen LogP contribution in [0.2, 0.25) is 0 Å². The maximum absolute atomic E-state index is 9.31. The van der Waals surface area contributed by atoms with Gasteiger partial charge >= 0.3 is 0 Å². The maximum atomic E-state index is 9.31. The summed E-state index contributed by atoms with van der Waals surface area (Å²) in [4.78, 5) is 4.62. The first-order chi connectivity index (χ1) is 12.2. The van der Waals surface area contributed by atoms with Crippen LogP contribution in [0.4, 0.5) is 0 Å². The third kappa shape index (κ3) is 4.39. The molecule has 0 bridgehead atoms. The van der Waals surface area contributed by atoms with Gasteiger partial charge in [0.25, 0.3) is 0 Å². The quantitative estimate of drug-likeness (QED) is 0.607. The van der Waals surface area contributed by atoms with Crippen LogP contribution in [-0.2, 0) is 13.0 Å². The van der Waals surface area contributed by atoms with Crippen molar-refractivity contribution in [2.75, 3.05) is 7.11 Å². The van der Waals surface area contributed by atoms with Gasteiger partial charge in [0.1, 0.15) is 11.6 Å². The average Bonchev–Trinajstić information content (AvgIpc) is 3.10. The SMILES string of the molecule is C=C(O)Cc1ccc(OCc2csc(-c3ccccc3)n2)c(OC)c1. The second-order valence-corrected chi connectivity index (χ2v) is 6.39. The molecule has 25 heavy (non-hydrogen) atoms. The molecule has 3 rings (SSSR count). The second-order valence-electron chi connectivity index (χ2n) is 5.53. The monoisotopic (exact) mass is 353 g/mol. The van der Waals surface area contributed by atoms with Crippen LogP contribution in [0.5, 0.6) is 11.5 Å². The molecule has 1 N–H and O–H groups in total. The minimum absolute atomic E-state index is 0.117. The van der Waals surface area contributed by atoms with Gasteiger partial charge in [0, 0.05) is 17.4 Å². The first-order valence-corrected chi connectivity index (χ1v) is 8.70. The molecule has 0 saturated heterocycles. The van der Waals surface area contributed by atoms with Crippen molar-refractivity contribution in [1.29, 1.82) is 0 Å². The second kappa shape index (κ2) is 7.85. The van der Waals surface area contributed by atoms with Gasteiger partial charge in [-0.05, 0) is 17.7 Å². The van der Waals surface area contributed by atoms with E-state index in [2.05, 4.69) is 11.6 Å². The van der Waals surface area contributed by atoms with E-state index in [0.717, 1.165) is 21.8 Å². The number of rotatable bonds is 7. The number of aromatic nitrogens is 1. The molecule has 0 unspecified atom stereocenters. The number of benzene rings is 2. The number of ether oxygens (including phenoxy) is 2. The van der Waals surface area contributed by atoms with Crippen LogP contribution < -0.4 is 9.47 Å². The van der Waals surface area contributed by atoms with E-state index in [1.807, 2.05) is 53.9 Å². The van der Waals surface area contributed by atoms with Gasteiger partial charge in [0.15, 0.2) is 11.5 Å². The van der Waals surface area contributed by atoms with E-state index in [0.29, 0.717) is 24.5 Å². The van der Waals surface area contributed by atoms with Gasteiger partial charge in [-0.2, -0.15) is 0 Å². The summed E-state index contributed by atoms with van der Waals surface area (Å²) in [5.74, 6) is 1.38. The van der Waals surface area contributed by atoms with Crippen LogP contribution in [0.25, 0.3) is 10.6 Å². The zero-order chi connectivity index (χ0) is 17.6. The van der Waals surface area contributed by atoms with Crippen LogP contribution in [-0.4, -0.2) is 17.2 Å². The zero-order valence-electron chi connectivity index (χ0n) is 13.9. The van der Waals surface area contributed by atoms with Crippen molar-refractivity contribution in [3.63, 3.8) is 0 Å². The Bertz CT molecular complexity index is 858. The van der Waals surface area contributed by atoms with E-state index in [-0.39, 0.29) is 5.76 Å². The summed E-state index contributed by atoms with van der Waals surface area (Å²) in [5.41, 5.74) is 2.89. The fraction of sp³-hybridized carbons (Fsp3) is 0.150. The van der Waals surface area contributed by atoms with Crippen molar-refractivity contribution in [2.24, 2.45) is 0 Å². The van der Waals surface area contributed by atoms with Gasteiger partial charge in [-0.25, -0.2) is 4.98 Å². The minimum atomic E-state index is 0.117. The summed E-state index contributed by atoms with van der Waals surface area (Å²) in [6.45, 7) is 3.87. The van der Waals surface area contributed by atoms with Crippen LogP contribution >= 0.6 is 11.3 Å². The van der Waals surface area contributed by atoms with Crippen molar-refractivity contribution in [2.45, 2.75) is 13.0 Å². The predicted octanol–water partition coefficient (Wildman–Crippen LogP) is 5.01. The van der Waals surface area contributed by atoms with Crippen LogP contribution in [0.1, 0.15) is 11.3 Å². The number of nitrogens with zero attached hydrogens (tertiary/aromatic N) is 1. The molecule has 4 nitrogen and oxygen atoms in total. The van der Waals surface area contributed by atoms with Gasteiger partial charge in [-0.1, -0.05) is 43.0 Å². The minimum Gasteiger partial charge on any atom is -0.513 e. The van der Waals surface area contributed by atoms with Crippen molar-refractivity contribution in [3.05, 3.63) is 77.5 Å². The summed E-state index contributed by atoms with van der Waals surface area (Å²) < 4.78 is 11.2. The van der Waals surface area contributed by atoms with E-state index >= 15 is 0 Å². The fourth-order valence-electron chi connectivity index (χ4n) is 2.42. The van der Waals surface area contributed by atoms with E-state index in [9.17, 15) is 5.11 Å². The summed E-state index contributed by atoms with van der Waals surface area (Å²) in [6.07, 6.45) is 0.392. The molecule has 128 valence electrons. The molecule has 5 heteroatoms. The third-order valence-corrected chi connectivity index (χ3v) is 4.52. The lowest BCUT2D eigenvalue weighted by molar-refractivity contribution is 0.281. The number of hydrogen-bond donors (Lipinski definition) is 1. The highest BCUT2D eigenvalue weighted by Crippen LogP contribution is 2.30. The van der Waals surface area contributed by atoms with Crippen LogP contribution in [0.15, 0.2) is 66.2 Å². The highest BCUT2D eigenvalue weighted by Gasteiger charge is 2.09. The molecular formula is C20H19NO3S. The fourth-order valence-corrected chi connectivity index (χ4v) is 3.23. The summed E-state index contributed by atoms with van der Waals surface area (Å²) in [6, 6.07) is 15.6. The molecular weight excluding hydrogens is 334 g/mol. The summed E-state index contributed by atoms with van der Waals surface area (Å²) in [5, 5.41) is 12.3. The van der Waals surface area contributed by atoms with E-state index in [1.54, 1.807) is 18.4 Å². The Hall–Kier alpha value is -2.79. The molecule has 3 aromatic rings. The van der Waals surface area contributed by atoms with Crippen molar-refractivity contribution >= 4 is 11.3 Å². The van der Waals surface area contributed by atoms with Gasteiger partial charge in [-0.15, -0.1) is 11.3 Å². The van der Waals surface area contributed by atoms with Gasteiger partial charge < -0.3 is 14.6 Å². The molecule has 0 saturated carbocycles. The lowest BCUT2D eigenvalue weighted by Crippen LogP contribution is -1.99. The Labute approximate surface area is 151 Å². The van der Waals surface area contributed by atoms with Crippen LogP contribution in [0.3, 0.4) is 0 Å². The van der Waals surface area contributed by atoms with Gasteiger partial charge in [0.2, 0.25) is 0 Å². The van der Waals surface area contributed by atoms with Crippen molar-refractivity contribution < 1.29 is 14.6 Å². The molecule has 0 amide bonds. The van der Waals surface area contributed by atoms with Crippen molar-refractivity contribution in [3.8, 4) is 22.1 Å². The molecule has 0 aliphatic carbocycles. The molecule has 0 atom stereocenters. The topological polar surface area (TPSA) is 51.6 Å². The average molecular weight is 353 g/mol. The molecule has 0 fully saturated rings. The normalized spacial score (nSPS) is 10.4. The third-order valence-electron chi connectivity index (χ3n) is 3.58. The Balaban J connectivity index is 1.69. The molecule has 0 aliphatic heterocycles. The van der Waals surface area contributed by atoms with Gasteiger partial charge in [-0.3, -0.25) is 0 Å². The Morgan fingerprint density at radius 2 is 1.96 bits per heavy atom. The first-order valence-electron chi connectivity index (χ1n) is 7.82. The zero-order valence-corrected chi connectivity index (χ0v) is 14.8. The Morgan fingerprint density at radius 3 is 2.68 bits per heavy atom. The van der Waals surface area contributed by atoms with Gasteiger partial charge in [0.05, 0.1) is 18.6 Å². The number of aliphatic hydroxyl groups is 1. The van der Waals surface area contributed by atoms with E-state index in [4.69, 9.17) is 9.47 Å². The number of allylic oxidation sites excluding steroid dienone is 1. The standard InChI is InChI=1S/C20H19NO3S/c1-14(22)10-15-8-9-18(19(11-15)23-2)24-12-17-13-25-20(21-17)16-6-4-3-5-7-16/h3-9,11,13,22H,1,10,12H2,2H3. The molecule has 2 aromatic carbocycles. The predicted molar refractivity (Wildman–Crippen MR) is 100 cm³/mol. The molecule has 0 spiro atoms. The highest BCUT2D eigenvalue weighted by atomic mass is 32.1. The van der Waals surface area contributed by atoms with E-state index < -0.39 is 0 Å². The molecule has 0 radical (unpaired) electrons. The lowest BCUT2D eigenvalue weighted by Gasteiger charge is -2.11. The molecule has 1 heterocycles. The largest absolute Gasteiger partial charge is 0.513 e. The van der Waals surface area contributed by atoms with E-state index in [1.165, 1.54) is 0 Å². The number of aliphatic hydroxyl groups excluding tert-OH is 1. The Kier molecular flexibility index (Phi) is 5.36. The maximum Gasteiger partial charge on any atom is 0.161 e. The first kappa shape index (κ1) is 17.0. The molecule has 0 aliphatic rings. The number of hydrogen-bond acceptors (Lipinski definition) is 5. The number of thiazole rings is 1. The summed E-state index contributed by atoms with van der Waals surface area (Å²) in [7, 11) is 1.59.